The van der Waals surface area contributed by atoms with E-state index >= 15 is 0 Å². The molecule has 1 aliphatic heterocycles. The molecule has 0 bridgehead atoms. The van der Waals surface area contributed by atoms with E-state index in [1.54, 1.807) is 13.8 Å². The van der Waals surface area contributed by atoms with Gasteiger partial charge in [-0.05, 0) is 25.0 Å². The van der Waals surface area contributed by atoms with Gasteiger partial charge in [0.15, 0.2) is 12.1 Å². The molecule has 10 nitrogen and oxygen atoms in total. The first-order valence-electron chi connectivity index (χ1n) is 11.2. The number of aromatic nitrogens is 1. The SMILES string of the molecule is CC(C)C(=O)OC1C(C)OC(=O)C(NC(=O)c2ccncc2O)COC(=O)C1Cc1ccccc1. The fourth-order valence-electron chi connectivity index (χ4n) is 3.56. The third-order valence-corrected chi connectivity index (χ3v) is 5.51. The van der Waals surface area contributed by atoms with Crippen molar-refractivity contribution in [2.45, 2.75) is 45.4 Å². The number of nitrogens with one attached hydrogen (secondary N) is 1. The van der Waals surface area contributed by atoms with Crippen molar-refractivity contribution in [1.29, 1.82) is 0 Å². The molecule has 1 aromatic heterocycles. The fraction of sp³-hybridized carbons (Fsp3) is 0.400. The largest absolute Gasteiger partial charge is 0.505 e. The van der Waals surface area contributed by atoms with Crippen molar-refractivity contribution in [1.82, 2.24) is 10.3 Å². The molecule has 35 heavy (non-hydrogen) atoms. The molecule has 0 saturated carbocycles. The average molecular weight is 485 g/mol. The predicted octanol–water partition coefficient (Wildman–Crippen LogP) is 1.80. The number of amides is 1. The van der Waals surface area contributed by atoms with Crippen LogP contribution >= 0.6 is 0 Å². The Labute approximate surface area is 202 Å². The number of hydrogen-bond acceptors (Lipinski definition) is 9. The van der Waals surface area contributed by atoms with Gasteiger partial charge >= 0.3 is 17.9 Å². The van der Waals surface area contributed by atoms with E-state index < -0.39 is 60.5 Å². The minimum absolute atomic E-state index is 0.113. The van der Waals surface area contributed by atoms with Crippen LogP contribution < -0.4 is 5.32 Å². The fourth-order valence-corrected chi connectivity index (χ4v) is 3.56. The number of aromatic hydroxyl groups is 1. The number of nitrogens with zero attached hydrogens (tertiary/aromatic N) is 1. The maximum Gasteiger partial charge on any atom is 0.332 e. The molecule has 4 atom stereocenters. The van der Waals surface area contributed by atoms with Crippen LogP contribution in [0, 0.1) is 11.8 Å². The number of carbonyl (C=O) groups is 4. The Morgan fingerprint density at radius 1 is 1.17 bits per heavy atom. The highest BCUT2D eigenvalue weighted by atomic mass is 16.6. The lowest BCUT2D eigenvalue weighted by Gasteiger charge is -2.29. The summed E-state index contributed by atoms with van der Waals surface area (Å²) >= 11 is 0. The normalized spacial score (nSPS) is 22.7. The van der Waals surface area contributed by atoms with Crippen molar-refractivity contribution in [2.75, 3.05) is 6.61 Å². The van der Waals surface area contributed by atoms with Crippen LogP contribution in [0.1, 0.15) is 36.7 Å². The lowest BCUT2D eigenvalue weighted by molar-refractivity contribution is -0.176. The zero-order valence-electron chi connectivity index (χ0n) is 19.7. The molecule has 1 fully saturated rings. The second-order valence-corrected chi connectivity index (χ2v) is 8.54. The number of esters is 3. The summed E-state index contributed by atoms with van der Waals surface area (Å²) in [6.45, 7) is 4.32. The summed E-state index contributed by atoms with van der Waals surface area (Å²) in [5.74, 6) is -4.72. The Kier molecular flexibility index (Phi) is 8.40. The van der Waals surface area contributed by atoms with E-state index in [1.165, 1.54) is 19.2 Å². The standard InChI is InChI=1S/C25H28N2O8/c1-14(2)23(30)35-21-15(3)34-25(32)19(27-22(29)17-9-10-26-12-20(17)28)13-33-24(31)18(21)11-16-7-5-4-6-8-16/h4-10,12,14-15,18-19,21,28H,11,13H2,1-3H3,(H,27,29). The lowest BCUT2D eigenvalue weighted by Crippen LogP contribution is -2.46. The molecule has 1 saturated heterocycles. The maximum absolute atomic E-state index is 13.2. The van der Waals surface area contributed by atoms with E-state index in [2.05, 4.69) is 10.3 Å². The molecule has 2 aromatic rings. The Bertz CT molecular complexity index is 1070. The first kappa shape index (κ1) is 25.7. The molecule has 0 spiro atoms. The Balaban J connectivity index is 1.87. The van der Waals surface area contributed by atoms with Crippen molar-refractivity contribution < 1.29 is 38.5 Å². The third kappa shape index (κ3) is 6.56. The van der Waals surface area contributed by atoms with Gasteiger partial charge in [0.1, 0.15) is 24.4 Å². The third-order valence-electron chi connectivity index (χ3n) is 5.51. The van der Waals surface area contributed by atoms with Crippen molar-refractivity contribution >= 4 is 23.8 Å². The highest BCUT2D eigenvalue weighted by molar-refractivity contribution is 5.99. The van der Waals surface area contributed by atoms with Crippen molar-refractivity contribution in [3.63, 3.8) is 0 Å². The summed E-state index contributed by atoms with van der Waals surface area (Å²) in [7, 11) is 0. The van der Waals surface area contributed by atoms with Crippen LogP contribution in [-0.4, -0.2) is 58.8 Å². The van der Waals surface area contributed by atoms with Crippen LogP contribution in [0.4, 0.5) is 0 Å². The van der Waals surface area contributed by atoms with Crippen LogP contribution in [-0.2, 0) is 35.0 Å². The number of ether oxygens (including phenoxy) is 3. The van der Waals surface area contributed by atoms with Crippen LogP contribution in [0.15, 0.2) is 48.8 Å². The van der Waals surface area contributed by atoms with Gasteiger partial charge in [0.05, 0.1) is 17.7 Å². The zero-order chi connectivity index (χ0) is 25.5. The molecule has 1 aliphatic rings. The molecule has 1 aromatic carbocycles. The minimum atomic E-state index is -1.35. The van der Waals surface area contributed by atoms with Gasteiger partial charge in [-0.2, -0.15) is 0 Å². The van der Waals surface area contributed by atoms with Crippen LogP contribution in [0.2, 0.25) is 0 Å². The zero-order valence-corrected chi connectivity index (χ0v) is 19.7. The van der Waals surface area contributed by atoms with Crippen LogP contribution in [0.3, 0.4) is 0 Å². The van der Waals surface area contributed by atoms with E-state index in [1.807, 2.05) is 30.3 Å². The predicted molar refractivity (Wildman–Crippen MR) is 122 cm³/mol. The molecule has 1 amide bonds. The minimum Gasteiger partial charge on any atom is -0.505 e. The number of cyclic esters (lactones) is 2. The van der Waals surface area contributed by atoms with Gasteiger partial charge in [0, 0.05) is 6.20 Å². The van der Waals surface area contributed by atoms with E-state index in [4.69, 9.17) is 14.2 Å². The molecule has 4 unspecified atom stereocenters. The number of carbonyl (C=O) groups excluding carboxylic acids is 4. The van der Waals surface area contributed by atoms with Gasteiger partial charge in [-0.25, -0.2) is 4.79 Å². The molecule has 0 radical (unpaired) electrons. The van der Waals surface area contributed by atoms with Gasteiger partial charge in [0.25, 0.3) is 5.91 Å². The number of pyridine rings is 1. The second kappa shape index (κ2) is 11.5. The number of benzene rings is 1. The maximum atomic E-state index is 13.2. The highest BCUT2D eigenvalue weighted by Crippen LogP contribution is 2.25. The quantitative estimate of drug-likeness (QED) is 0.464. The smallest absolute Gasteiger partial charge is 0.332 e. The van der Waals surface area contributed by atoms with E-state index in [-0.39, 0.29) is 17.7 Å². The van der Waals surface area contributed by atoms with Gasteiger partial charge < -0.3 is 24.6 Å². The van der Waals surface area contributed by atoms with Crippen LogP contribution in [0.5, 0.6) is 5.75 Å². The first-order valence-corrected chi connectivity index (χ1v) is 11.2. The van der Waals surface area contributed by atoms with Crippen molar-refractivity contribution in [3.8, 4) is 5.75 Å². The molecular weight excluding hydrogens is 456 g/mol. The summed E-state index contributed by atoms with van der Waals surface area (Å²) in [6.07, 6.45) is 0.443. The van der Waals surface area contributed by atoms with Crippen molar-refractivity contribution in [2.24, 2.45) is 11.8 Å². The summed E-state index contributed by atoms with van der Waals surface area (Å²) in [6, 6.07) is 9.03. The lowest BCUT2D eigenvalue weighted by atomic mass is 9.91. The Morgan fingerprint density at radius 2 is 1.89 bits per heavy atom. The van der Waals surface area contributed by atoms with E-state index in [0.717, 1.165) is 11.8 Å². The van der Waals surface area contributed by atoms with Gasteiger partial charge in [-0.3, -0.25) is 19.4 Å². The molecule has 10 heteroatoms. The summed E-state index contributed by atoms with van der Waals surface area (Å²) in [4.78, 5) is 54.8. The molecule has 2 N–H and O–H groups in total. The molecule has 186 valence electrons. The Hall–Kier alpha value is -3.95. The Morgan fingerprint density at radius 3 is 2.54 bits per heavy atom. The van der Waals surface area contributed by atoms with Crippen LogP contribution in [0.25, 0.3) is 0 Å². The monoisotopic (exact) mass is 484 g/mol. The van der Waals surface area contributed by atoms with Gasteiger partial charge in [-0.1, -0.05) is 44.2 Å². The molecule has 2 heterocycles. The summed E-state index contributed by atoms with van der Waals surface area (Å²) < 4.78 is 16.5. The van der Waals surface area contributed by atoms with E-state index in [9.17, 15) is 24.3 Å². The molecular formula is C25H28N2O8. The first-order chi connectivity index (χ1) is 16.7. The summed E-state index contributed by atoms with van der Waals surface area (Å²) in [5, 5.41) is 12.3. The average Bonchev–Trinajstić information content (AvgIpc) is 2.86. The number of hydrogen-bond donors (Lipinski definition) is 2. The van der Waals surface area contributed by atoms with Crippen molar-refractivity contribution in [3.05, 3.63) is 59.9 Å². The highest BCUT2D eigenvalue weighted by Gasteiger charge is 2.42. The summed E-state index contributed by atoms with van der Waals surface area (Å²) in [5.41, 5.74) is 0.688. The number of rotatable bonds is 6. The molecule has 0 aliphatic carbocycles. The second-order valence-electron chi connectivity index (χ2n) is 8.54. The topological polar surface area (TPSA) is 141 Å². The molecule has 3 rings (SSSR count). The van der Waals surface area contributed by atoms with Gasteiger partial charge in [-0.15, -0.1) is 0 Å². The van der Waals surface area contributed by atoms with E-state index in [0.29, 0.717) is 0 Å². The van der Waals surface area contributed by atoms with Gasteiger partial charge in [0.2, 0.25) is 0 Å².